The molecule has 4 heteroatoms. The van der Waals surface area contributed by atoms with Crippen LogP contribution in [0.15, 0.2) is 25.6 Å². The van der Waals surface area contributed by atoms with Crippen molar-refractivity contribution in [1.29, 1.82) is 0 Å². The minimum atomic E-state index is -0.187. The van der Waals surface area contributed by atoms with Crippen LogP contribution in [0.4, 0.5) is 0 Å². The highest BCUT2D eigenvalue weighted by Gasteiger charge is 2.41. The molecule has 0 spiro atoms. The highest BCUT2D eigenvalue weighted by molar-refractivity contribution is 5.85. The van der Waals surface area contributed by atoms with Crippen molar-refractivity contribution in [2.45, 2.75) is 71.9 Å². The maximum Gasteiger partial charge on any atom is 0.232 e. The van der Waals surface area contributed by atoms with Gasteiger partial charge in [-0.2, -0.15) is 0 Å². The van der Waals surface area contributed by atoms with Gasteiger partial charge < -0.3 is 9.80 Å². The molecular formula is C18H30N2O2. The van der Waals surface area contributed by atoms with Gasteiger partial charge in [-0.15, -0.1) is 0 Å². The molecule has 2 aliphatic rings. The molecule has 0 aromatic heterocycles. The van der Waals surface area contributed by atoms with E-state index in [0.717, 1.165) is 19.3 Å². The van der Waals surface area contributed by atoms with Gasteiger partial charge in [0.15, 0.2) is 0 Å². The van der Waals surface area contributed by atoms with E-state index in [1.165, 1.54) is 0 Å². The van der Waals surface area contributed by atoms with Gasteiger partial charge in [0.05, 0.1) is 0 Å². The Balaban J connectivity index is 0.000000220. The number of rotatable bonds is 3. The molecule has 0 radical (unpaired) electrons. The van der Waals surface area contributed by atoms with Crippen molar-refractivity contribution in [2.75, 3.05) is 0 Å². The molecule has 2 unspecified atom stereocenters. The first-order valence-corrected chi connectivity index (χ1v) is 8.03. The van der Waals surface area contributed by atoms with Crippen molar-refractivity contribution in [3.05, 3.63) is 25.6 Å². The van der Waals surface area contributed by atoms with Gasteiger partial charge in [-0.05, 0) is 39.3 Å². The van der Waals surface area contributed by atoms with Gasteiger partial charge >= 0.3 is 0 Å². The summed E-state index contributed by atoms with van der Waals surface area (Å²) in [7, 11) is 0. The van der Waals surface area contributed by atoms with E-state index in [-0.39, 0.29) is 22.8 Å². The molecule has 2 saturated heterocycles. The van der Waals surface area contributed by atoms with Crippen LogP contribution in [-0.4, -0.2) is 33.2 Å². The van der Waals surface area contributed by atoms with Crippen molar-refractivity contribution in [1.82, 2.24) is 9.80 Å². The number of likely N-dealkylation sites (tertiary alicyclic amines) is 2. The first-order chi connectivity index (χ1) is 10.1. The molecule has 2 amide bonds. The Morgan fingerprint density at radius 1 is 1.23 bits per heavy atom. The Labute approximate surface area is 134 Å². The fraction of sp³-hybridized carbons (Fsp3) is 0.667. The fourth-order valence-corrected chi connectivity index (χ4v) is 3.32. The van der Waals surface area contributed by atoms with Crippen molar-refractivity contribution >= 4 is 11.8 Å². The SMILES string of the molecule is C=CN1C(=O)C(C)(C)CC1C.C=CN1C(=O)CCC1(C)CC. The molecule has 4 nitrogen and oxygen atoms in total. The lowest BCUT2D eigenvalue weighted by atomic mass is 9.90. The predicted octanol–water partition coefficient (Wildman–Crippen LogP) is 3.70. The summed E-state index contributed by atoms with van der Waals surface area (Å²) < 4.78 is 0. The lowest BCUT2D eigenvalue weighted by Gasteiger charge is -2.31. The monoisotopic (exact) mass is 306 g/mol. The molecule has 0 aromatic rings. The summed E-state index contributed by atoms with van der Waals surface area (Å²) in [6, 6.07) is 0.315. The minimum Gasteiger partial charge on any atom is -0.316 e. The Hall–Kier alpha value is -1.58. The lowest BCUT2D eigenvalue weighted by Crippen LogP contribution is -2.38. The van der Waals surface area contributed by atoms with Crippen LogP contribution in [0.5, 0.6) is 0 Å². The summed E-state index contributed by atoms with van der Waals surface area (Å²) in [5, 5.41) is 0. The molecule has 2 aliphatic heterocycles. The van der Waals surface area contributed by atoms with E-state index in [2.05, 4.69) is 27.0 Å². The van der Waals surface area contributed by atoms with Gasteiger partial charge in [0.25, 0.3) is 0 Å². The van der Waals surface area contributed by atoms with Gasteiger partial charge in [-0.3, -0.25) is 9.59 Å². The zero-order chi connectivity index (χ0) is 17.1. The number of carbonyl (C=O) groups excluding carboxylic acids is 2. The Morgan fingerprint density at radius 3 is 2.09 bits per heavy atom. The number of amides is 2. The molecule has 0 N–H and O–H groups in total. The van der Waals surface area contributed by atoms with E-state index < -0.39 is 0 Å². The smallest absolute Gasteiger partial charge is 0.232 e. The predicted molar refractivity (Wildman–Crippen MR) is 89.9 cm³/mol. The van der Waals surface area contributed by atoms with E-state index in [9.17, 15) is 9.59 Å². The van der Waals surface area contributed by atoms with Gasteiger partial charge in [-0.25, -0.2) is 0 Å². The maximum absolute atomic E-state index is 11.5. The third kappa shape index (κ3) is 3.42. The van der Waals surface area contributed by atoms with Crippen LogP contribution < -0.4 is 0 Å². The number of hydrogen-bond acceptors (Lipinski definition) is 2. The van der Waals surface area contributed by atoms with Crippen molar-refractivity contribution in [3.63, 3.8) is 0 Å². The quantitative estimate of drug-likeness (QED) is 0.797. The molecule has 0 bridgehead atoms. The van der Waals surface area contributed by atoms with Crippen LogP contribution in [0.3, 0.4) is 0 Å². The van der Waals surface area contributed by atoms with Gasteiger partial charge in [0, 0.05) is 29.6 Å². The van der Waals surface area contributed by atoms with Crippen molar-refractivity contribution in [2.24, 2.45) is 5.41 Å². The summed E-state index contributed by atoms with van der Waals surface area (Å²) in [6.45, 7) is 17.5. The third-order valence-electron chi connectivity index (χ3n) is 4.96. The summed E-state index contributed by atoms with van der Waals surface area (Å²) in [6.07, 6.45) is 6.86. The molecule has 0 aliphatic carbocycles. The molecule has 124 valence electrons. The normalized spacial score (nSPS) is 30.1. The van der Waals surface area contributed by atoms with Crippen LogP contribution in [-0.2, 0) is 9.59 Å². The summed E-state index contributed by atoms with van der Waals surface area (Å²) >= 11 is 0. The van der Waals surface area contributed by atoms with E-state index in [1.54, 1.807) is 22.2 Å². The standard InChI is InChI=1S/2C9H15NO/c1-5-10-7(2)6-9(3,4)8(10)11;1-4-9(3)7-6-8(11)10(9)5-2/h5,7H,1,6H2,2-4H3;5H,2,4,6-7H2,1,3H3. The van der Waals surface area contributed by atoms with E-state index in [1.807, 2.05) is 20.8 Å². The van der Waals surface area contributed by atoms with Crippen LogP contribution in [0, 0.1) is 5.41 Å². The lowest BCUT2D eigenvalue weighted by molar-refractivity contribution is -0.133. The molecule has 2 atom stereocenters. The Bertz CT molecular complexity index is 470. The zero-order valence-corrected chi connectivity index (χ0v) is 14.7. The maximum atomic E-state index is 11.5. The van der Waals surface area contributed by atoms with E-state index in [0.29, 0.717) is 12.5 Å². The van der Waals surface area contributed by atoms with Gasteiger partial charge in [0.1, 0.15) is 0 Å². The molecule has 0 aromatic carbocycles. The molecule has 2 rings (SSSR count). The molecule has 22 heavy (non-hydrogen) atoms. The Kier molecular flexibility index (Phi) is 5.60. The van der Waals surface area contributed by atoms with E-state index >= 15 is 0 Å². The number of carbonyl (C=O) groups is 2. The molecule has 2 heterocycles. The number of hydrogen-bond donors (Lipinski definition) is 0. The van der Waals surface area contributed by atoms with Crippen LogP contribution in [0.1, 0.15) is 60.3 Å². The minimum absolute atomic E-state index is 0.0405. The fourth-order valence-electron chi connectivity index (χ4n) is 3.32. The Morgan fingerprint density at radius 2 is 1.82 bits per heavy atom. The second-order valence-electron chi connectivity index (χ2n) is 7.13. The molecule has 0 saturated carbocycles. The second kappa shape index (κ2) is 6.67. The van der Waals surface area contributed by atoms with Gasteiger partial charge in [0.2, 0.25) is 11.8 Å². The van der Waals surface area contributed by atoms with Crippen LogP contribution >= 0.6 is 0 Å². The first-order valence-electron chi connectivity index (χ1n) is 8.03. The summed E-state index contributed by atoms with van der Waals surface area (Å²) in [5.41, 5.74) is -0.146. The van der Waals surface area contributed by atoms with Crippen molar-refractivity contribution in [3.8, 4) is 0 Å². The summed E-state index contributed by atoms with van der Waals surface area (Å²) in [4.78, 5) is 26.3. The summed E-state index contributed by atoms with van der Waals surface area (Å²) in [5.74, 6) is 0.407. The highest BCUT2D eigenvalue weighted by atomic mass is 16.2. The zero-order valence-electron chi connectivity index (χ0n) is 14.7. The van der Waals surface area contributed by atoms with Crippen LogP contribution in [0.2, 0.25) is 0 Å². The molecular weight excluding hydrogens is 276 g/mol. The topological polar surface area (TPSA) is 40.6 Å². The highest BCUT2D eigenvalue weighted by Crippen LogP contribution is 2.35. The largest absolute Gasteiger partial charge is 0.316 e. The van der Waals surface area contributed by atoms with Crippen molar-refractivity contribution < 1.29 is 9.59 Å². The third-order valence-corrected chi connectivity index (χ3v) is 4.96. The average molecular weight is 306 g/mol. The number of nitrogens with zero attached hydrogens (tertiary/aromatic N) is 2. The van der Waals surface area contributed by atoms with Crippen LogP contribution in [0.25, 0.3) is 0 Å². The molecule has 2 fully saturated rings. The second-order valence-corrected chi connectivity index (χ2v) is 7.13. The van der Waals surface area contributed by atoms with Gasteiger partial charge in [-0.1, -0.05) is 33.9 Å². The first kappa shape index (κ1) is 18.5. The average Bonchev–Trinajstić information content (AvgIpc) is 2.85. The van der Waals surface area contributed by atoms with E-state index in [4.69, 9.17) is 0 Å².